The maximum absolute atomic E-state index is 9.91. The third kappa shape index (κ3) is 2.07. The molecule has 1 aromatic carbocycles. The van der Waals surface area contributed by atoms with Crippen LogP contribution in [0.1, 0.15) is 13.2 Å². The van der Waals surface area contributed by atoms with Gasteiger partial charge in [-0.2, -0.15) is 5.10 Å². The fourth-order valence-corrected chi connectivity index (χ4v) is 3.43. The van der Waals surface area contributed by atoms with Crippen LogP contribution in [0.15, 0.2) is 22.8 Å². The maximum atomic E-state index is 9.91. The zero-order valence-electron chi connectivity index (χ0n) is 12.2. The highest BCUT2D eigenvalue weighted by molar-refractivity contribution is 9.10. The zero-order valence-corrected chi connectivity index (χ0v) is 13.8. The van der Waals surface area contributed by atoms with Gasteiger partial charge in [0.05, 0.1) is 22.1 Å². The van der Waals surface area contributed by atoms with E-state index in [4.69, 9.17) is 4.74 Å². The first-order valence-electron chi connectivity index (χ1n) is 7.38. The van der Waals surface area contributed by atoms with Crippen LogP contribution in [0.3, 0.4) is 0 Å². The van der Waals surface area contributed by atoms with Gasteiger partial charge in [0.15, 0.2) is 6.23 Å². The molecule has 4 rings (SSSR count). The number of rotatable bonds is 1. The standard InChI is InChI=1S/C15H17BrN4O2/c1-9-20-15(10-6-11(16)13(21)7-14(10)22-9)12(8-18-20)19-4-2-17-3-5-19/h6-9,17,21H,2-5H2,1H3. The first-order chi connectivity index (χ1) is 10.6. The molecular weight excluding hydrogens is 348 g/mol. The van der Waals surface area contributed by atoms with Crippen LogP contribution < -0.4 is 15.0 Å². The smallest absolute Gasteiger partial charge is 0.189 e. The average molecular weight is 365 g/mol. The molecule has 0 saturated carbocycles. The van der Waals surface area contributed by atoms with Crippen molar-refractivity contribution < 1.29 is 9.84 Å². The van der Waals surface area contributed by atoms with Gasteiger partial charge in [-0.1, -0.05) is 0 Å². The number of piperazine rings is 1. The number of phenols is 1. The predicted octanol–water partition coefficient (Wildman–Crippen LogP) is 2.34. The van der Waals surface area contributed by atoms with Crippen molar-refractivity contribution in [2.24, 2.45) is 0 Å². The Hall–Kier alpha value is -1.73. The number of phenolic OH excluding ortho intramolecular Hbond substituents is 1. The molecule has 2 aromatic rings. The summed E-state index contributed by atoms with van der Waals surface area (Å²) in [4.78, 5) is 2.35. The molecule has 1 saturated heterocycles. The van der Waals surface area contributed by atoms with Crippen molar-refractivity contribution in [3.8, 4) is 22.8 Å². The van der Waals surface area contributed by atoms with Crippen molar-refractivity contribution in [1.82, 2.24) is 15.1 Å². The number of ether oxygens (including phenoxy) is 1. The van der Waals surface area contributed by atoms with E-state index in [9.17, 15) is 5.11 Å². The molecule has 3 heterocycles. The number of nitrogens with zero attached hydrogens (tertiary/aromatic N) is 3. The average Bonchev–Trinajstić information content (AvgIpc) is 2.96. The van der Waals surface area contributed by atoms with Crippen LogP contribution in [0.25, 0.3) is 11.3 Å². The molecule has 0 spiro atoms. The van der Waals surface area contributed by atoms with Crippen molar-refractivity contribution in [3.05, 3.63) is 22.8 Å². The zero-order chi connectivity index (χ0) is 15.3. The van der Waals surface area contributed by atoms with Gasteiger partial charge in [0.25, 0.3) is 0 Å². The summed E-state index contributed by atoms with van der Waals surface area (Å²) in [6, 6.07) is 3.56. The highest BCUT2D eigenvalue weighted by Crippen LogP contribution is 2.46. The number of benzene rings is 1. The van der Waals surface area contributed by atoms with Crippen LogP contribution >= 0.6 is 15.9 Å². The largest absolute Gasteiger partial charge is 0.507 e. The van der Waals surface area contributed by atoms with Crippen molar-refractivity contribution >= 4 is 21.6 Å². The molecule has 116 valence electrons. The number of nitrogens with one attached hydrogen (secondary N) is 1. The molecule has 22 heavy (non-hydrogen) atoms. The number of hydrogen-bond acceptors (Lipinski definition) is 5. The SMILES string of the molecule is CC1Oc2cc(O)c(Br)cc2-c2c(N3CCNCC3)cnn21. The Bertz CT molecular complexity index is 725. The molecule has 0 radical (unpaired) electrons. The van der Waals surface area contributed by atoms with Gasteiger partial charge in [0.2, 0.25) is 0 Å². The van der Waals surface area contributed by atoms with Crippen LogP contribution in [0, 0.1) is 0 Å². The molecule has 1 atom stereocenters. The molecule has 7 heteroatoms. The van der Waals surface area contributed by atoms with Crippen LogP contribution in [-0.4, -0.2) is 41.1 Å². The lowest BCUT2D eigenvalue weighted by molar-refractivity contribution is 0.132. The summed E-state index contributed by atoms with van der Waals surface area (Å²) in [5.74, 6) is 0.875. The number of halogens is 1. The lowest BCUT2D eigenvalue weighted by Crippen LogP contribution is -2.43. The van der Waals surface area contributed by atoms with E-state index in [0.717, 1.165) is 43.1 Å². The molecule has 2 aliphatic heterocycles. The van der Waals surface area contributed by atoms with E-state index in [1.165, 1.54) is 0 Å². The quantitative estimate of drug-likeness (QED) is 0.812. The molecule has 1 unspecified atom stereocenters. The number of aromatic nitrogens is 2. The van der Waals surface area contributed by atoms with Crippen LogP contribution in [0.4, 0.5) is 5.69 Å². The van der Waals surface area contributed by atoms with E-state index in [-0.39, 0.29) is 12.0 Å². The number of aromatic hydroxyl groups is 1. The van der Waals surface area contributed by atoms with E-state index in [1.807, 2.05) is 23.9 Å². The van der Waals surface area contributed by atoms with Crippen molar-refractivity contribution in [2.75, 3.05) is 31.1 Å². The first kappa shape index (κ1) is 13.9. The van der Waals surface area contributed by atoms with Gasteiger partial charge in [-0.25, -0.2) is 4.68 Å². The molecule has 1 aromatic heterocycles. The van der Waals surface area contributed by atoms with Crippen LogP contribution in [0.2, 0.25) is 0 Å². The Morgan fingerprint density at radius 3 is 2.91 bits per heavy atom. The summed E-state index contributed by atoms with van der Waals surface area (Å²) in [5.41, 5.74) is 3.13. The summed E-state index contributed by atoms with van der Waals surface area (Å²) < 4.78 is 8.45. The fraction of sp³-hybridized carbons (Fsp3) is 0.400. The molecular formula is C15H17BrN4O2. The molecule has 0 amide bonds. The lowest BCUT2D eigenvalue weighted by atomic mass is 10.1. The predicted molar refractivity (Wildman–Crippen MR) is 87.4 cm³/mol. The Kier molecular flexibility index (Phi) is 3.27. The van der Waals surface area contributed by atoms with Gasteiger partial charge in [-0.3, -0.25) is 0 Å². The molecule has 6 nitrogen and oxygen atoms in total. The minimum Gasteiger partial charge on any atom is -0.507 e. The summed E-state index contributed by atoms with van der Waals surface area (Å²) in [5, 5.41) is 17.8. The van der Waals surface area contributed by atoms with Crippen molar-refractivity contribution in [2.45, 2.75) is 13.2 Å². The Morgan fingerprint density at radius 1 is 1.36 bits per heavy atom. The third-order valence-corrected chi connectivity index (χ3v) is 4.82. The van der Waals surface area contributed by atoms with Crippen LogP contribution in [0.5, 0.6) is 11.5 Å². The number of fused-ring (bicyclic) bond motifs is 3. The Labute approximate surface area is 136 Å². The monoisotopic (exact) mass is 364 g/mol. The summed E-state index contributed by atoms with van der Waals surface area (Å²) >= 11 is 3.39. The second kappa shape index (κ2) is 5.17. The normalized spacial score (nSPS) is 20.3. The summed E-state index contributed by atoms with van der Waals surface area (Å²) in [6.45, 7) is 5.83. The minimum absolute atomic E-state index is 0.183. The van der Waals surface area contributed by atoms with Crippen molar-refractivity contribution in [3.63, 3.8) is 0 Å². The van der Waals surface area contributed by atoms with Gasteiger partial charge >= 0.3 is 0 Å². The van der Waals surface area contributed by atoms with Gasteiger partial charge in [-0.05, 0) is 28.9 Å². The van der Waals surface area contributed by atoms with E-state index in [2.05, 4.69) is 31.2 Å². The Morgan fingerprint density at radius 2 is 2.14 bits per heavy atom. The Balaban J connectivity index is 1.88. The summed E-state index contributed by atoms with van der Waals surface area (Å²) in [7, 11) is 0. The van der Waals surface area contributed by atoms with Gasteiger partial charge in [-0.15, -0.1) is 0 Å². The van der Waals surface area contributed by atoms with E-state index in [0.29, 0.717) is 10.2 Å². The van der Waals surface area contributed by atoms with E-state index < -0.39 is 0 Å². The van der Waals surface area contributed by atoms with Crippen molar-refractivity contribution in [1.29, 1.82) is 0 Å². The van der Waals surface area contributed by atoms with Gasteiger partial charge in [0.1, 0.15) is 11.5 Å². The fourth-order valence-electron chi connectivity index (χ4n) is 3.09. The molecule has 0 aliphatic carbocycles. The lowest BCUT2D eigenvalue weighted by Gasteiger charge is -2.32. The topological polar surface area (TPSA) is 62.6 Å². The highest BCUT2D eigenvalue weighted by Gasteiger charge is 2.30. The minimum atomic E-state index is -0.195. The maximum Gasteiger partial charge on any atom is 0.189 e. The van der Waals surface area contributed by atoms with Crippen LogP contribution in [-0.2, 0) is 0 Å². The second-order valence-corrected chi connectivity index (χ2v) is 6.43. The van der Waals surface area contributed by atoms with E-state index in [1.54, 1.807) is 6.07 Å². The first-order valence-corrected chi connectivity index (χ1v) is 8.17. The number of hydrogen-bond donors (Lipinski definition) is 2. The third-order valence-electron chi connectivity index (χ3n) is 4.18. The summed E-state index contributed by atoms with van der Waals surface area (Å²) in [6.07, 6.45) is 1.72. The molecule has 2 aliphatic rings. The second-order valence-electron chi connectivity index (χ2n) is 5.58. The highest BCUT2D eigenvalue weighted by atomic mass is 79.9. The van der Waals surface area contributed by atoms with E-state index >= 15 is 0 Å². The number of anilines is 1. The van der Waals surface area contributed by atoms with Gasteiger partial charge < -0.3 is 20.1 Å². The molecule has 1 fully saturated rings. The molecule has 0 bridgehead atoms. The molecule has 2 N–H and O–H groups in total. The van der Waals surface area contributed by atoms with Gasteiger partial charge in [0, 0.05) is 37.8 Å².